The average molecular weight is 485 g/mol. The molecule has 0 saturated heterocycles. The number of allylic oxidation sites excluding steroid dienone is 1. The van der Waals surface area contributed by atoms with E-state index in [2.05, 4.69) is 11.7 Å². The summed E-state index contributed by atoms with van der Waals surface area (Å²) in [5.74, 6) is -0.260. The Morgan fingerprint density at radius 3 is 1.62 bits per heavy atom. The second-order valence-corrected chi connectivity index (χ2v) is 8.84. The zero-order valence-electron chi connectivity index (χ0n) is 21.0. The van der Waals surface area contributed by atoms with Crippen LogP contribution in [0.25, 0.3) is 0 Å². The van der Waals surface area contributed by atoms with E-state index in [9.17, 15) is 25.0 Å². The number of hydrogen-bond donors (Lipinski definition) is 1. The molecule has 1 rings (SSSR count). The maximum atomic E-state index is 10.9. The van der Waals surface area contributed by atoms with Crippen molar-refractivity contribution in [1.29, 1.82) is 0 Å². The van der Waals surface area contributed by atoms with Gasteiger partial charge in [0.2, 0.25) is 0 Å². The third-order valence-corrected chi connectivity index (χ3v) is 5.98. The minimum absolute atomic E-state index is 0.0651. The SMILES string of the molecule is CCCCCCCCCCCCCCCCCC(=O)OC.O=[N+]([O-])C1([N+](=O)[O-])C=CC(O)=CC1. The van der Waals surface area contributed by atoms with Crippen molar-refractivity contribution >= 4 is 5.97 Å². The van der Waals surface area contributed by atoms with Crippen molar-refractivity contribution in [2.75, 3.05) is 7.11 Å². The van der Waals surface area contributed by atoms with Crippen molar-refractivity contribution in [3.05, 3.63) is 44.2 Å². The van der Waals surface area contributed by atoms with Crippen LogP contribution in [0.5, 0.6) is 0 Å². The van der Waals surface area contributed by atoms with E-state index in [4.69, 9.17) is 5.11 Å². The number of unbranched alkanes of at least 4 members (excludes halogenated alkanes) is 14. The number of rotatable bonds is 18. The van der Waals surface area contributed by atoms with Gasteiger partial charge in [-0.1, -0.05) is 96.8 Å². The Hall–Kier alpha value is -2.45. The molecular formula is C25H44N2O7. The molecule has 0 unspecified atom stereocenters. The van der Waals surface area contributed by atoms with E-state index in [0.29, 0.717) is 6.42 Å². The molecule has 0 aliphatic heterocycles. The van der Waals surface area contributed by atoms with Crippen LogP contribution in [0.1, 0.15) is 116 Å². The Bertz CT molecular complexity index is 633. The minimum atomic E-state index is -2.31. The van der Waals surface area contributed by atoms with E-state index in [1.54, 1.807) is 0 Å². The Labute approximate surface area is 203 Å². The first-order valence-corrected chi connectivity index (χ1v) is 12.7. The smallest absolute Gasteiger partial charge is 0.481 e. The van der Waals surface area contributed by atoms with E-state index < -0.39 is 21.9 Å². The first-order chi connectivity index (χ1) is 16.3. The summed E-state index contributed by atoms with van der Waals surface area (Å²) in [4.78, 5) is 29.8. The van der Waals surface area contributed by atoms with Crippen LogP contribution >= 0.6 is 0 Å². The molecule has 0 atom stereocenters. The predicted octanol–water partition coefficient (Wildman–Crippen LogP) is 7.06. The molecule has 0 aromatic carbocycles. The molecule has 0 aromatic rings. The molecule has 1 aliphatic carbocycles. The van der Waals surface area contributed by atoms with Crippen LogP contribution in [-0.2, 0) is 9.53 Å². The van der Waals surface area contributed by atoms with Crippen LogP contribution in [0.4, 0.5) is 0 Å². The van der Waals surface area contributed by atoms with E-state index in [0.717, 1.165) is 24.6 Å². The van der Waals surface area contributed by atoms with E-state index in [1.807, 2.05) is 0 Å². The van der Waals surface area contributed by atoms with Gasteiger partial charge in [0.15, 0.2) is 0 Å². The van der Waals surface area contributed by atoms with Crippen molar-refractivity contribution in [3.63, 3.8) is 0 Å². The van der Waals surface area contributed by atoms with Crippen LogP contribution in [0.15, 0.2) is 24.0 Å². The molecule has 0 saturated carbocycles. The van der Waals surface area contributed by atoms with Gasteiger partial charge in [-0.25, -0.2) is 0 Å². The Morgan fingerprint density at radius 2 is 1.29 bits per heavy atom. The number of hydrogen-bond acceptors (Lipinski definition) is 7. The van der Waals surface area contributed by atoms with Crippen molar-refractivity contribution in [3.8, 4) is 0 Å². The number of nitrogens with zero attached hydrogens (tertiary/aromatic N) is 2. The molecule has 34 heavy (non-hydrogen) atoms. The highest BCUT2D eigenvalue weighted by Gasteiger charge is 2.53. The van der Waals surface area contributed by atoms with Gasteiger partial charge >= 0.3 is 11.6 Å². The van der Waals surface area contributed by atoms with Crippen LogP contribution in [0, 0.1) is 20.2 Å². The largest absolute Gasteiger partial charge is 0.508 e. The highest BCUT2D eigenvalue weighted by Crippen LogP contribution is 2.23. The lowest BCUT2D eigenvalue weighted by Crippen LogP contribution is -2.44. The summed E-state index contributed by atoms with van der Waals surface area (Å²) in [5.41, 5.74) is -2.31. The number of methoxy groups -OCH3 is 1. The van der Waals surface area contributed by atoms with Crippen molar-refractivity contribution in [2.24, 2.45) is 0 Å². The van der Waals surface area contributed by atoms with Crippen molar-refractivity contribution in [2.45, 2.75) is 122 Å². The van der Waals surface area contributed by atoms with Gasteiger partial charge in [0.1, 0.15) is 22.0 Å². The standard InChI is InChI=1S/C19H38O2.C6H6N2O5/c1-3-4-5-6-7-8-9-10-11-12-13-14-15-16-17-18-19(20)21-2;9-5-1-3-6(4-2-5,7(10)11)8(12)13/h3-18H2,1-2H3;1-3,9H,4H2. The Balaban J connectivity index is 0.000000712. The highest BCUT2D eigenvalue weighted by molar-refractivity contribution is 5.68. The van der Waals surface area contributed by atoms with Gasteiger partial charge in [0.05, 0.1) is 13.2 Å². The average Bonchev–Trinajstić information content (AvgIpc) is 2.82. The molecule has 1 N–H and O–H groups in total. The highest BCUT2D eigenvalue weighted by atomic mass is 16.7. The van der Waals surface area contributed by atoms with Gasteiger partial charge in [-0.2, -0.15) is 0 Å². The Kier molecular flexibility index (Phi) is 18.5. The lowest BCUT2D eigenvalue weighted by molar-refractivity contribution is -0.780. The maximum Gasteiger partial charge on any atom is 0.481 e. The molecule has 0 aromatic heterocycles. The third-order valence-electron chi connectivity index (χ3n) is 5.98. The summed E-state index contributed by atoms with van der Waals surface area (Å²) in [6.45, 7) is 2.28. The fraction of sp³-hybridized carbons (Fsp3) is 0.800. The van der Waals surface area contributed by atoms with Crippen LogP contribution in [0.2, 0.25) is 0 Å². The fourth-order valence-electron chi connectivity index (χ4n) is 3.69. The molecule has 0 fully saturated rings. The third kappa shape index (κ3) is 14.6. The number of nitro groups is 2. The molecule has 0 amide bonds. The first-order valence-electron chi connectivity index (χ1n) is 12.7. The van der Waals surface area contributed by atoms with Gasteiger partial charge in [-0.3, -0.25) is 25.0 Å². The summed E-state index contributed by atoms with van der Waals surface area (Å²) >= 11 is 0. The maximum absolute atomic E-state index is 10.9. The van der Waals surface area contributed by atoms with E-state index in [-0.39, 0.29) is 11.7 Å². The number of carbonyl (C=O) groups is 1. The lowest BCUT2D eigenvalue weighted by atomic mass is 10.0. The number of esters is 1. The van der Waals surface area contributed by atoms with Crippen LogP contribution < -0.4 is 0 Å². The summed E-state index contributed by atoms with van der Waals surface area (Å²) < 4.78 is 4.63. The van der Waals surface area contributed by atoms with Gasteiger partial charge in [-0.05, 0) is 18.6 Å². The van der Waals surface area contributed by atoms with Gasteiger partial charge in [-0.15, -0.1) is 0 Å². The molecular weight excluding hydrogens is 440 g/mol. The van der Waals surface area contributed by atoms with E-state index in [1.165, 1.54) is 97.0 Å². The number of carbonyl (C=O) groups excluding carboxylic acids is 1. The van der Waals surface area contributed by atoms with Crippen LogP contribution in [0.3, 0.4) is 0 Å². The molecule has 0 bridgehead atoms. The zero-order valence-corrected chi connectivity index (χ0v) is 21.0. The summed E-state index contributed by atoms with van der Waals surface area (Å²) in [7, 11) is 1.47. The monoisotopic (exact) mass is 484 g/mol. The molecule has 9 heteroatoms. The summed E-state index contributed by atoms with van der Waals surface area (Å²) in [6, 6.07) is 0. The molecule has 0 radical (unpaired) electrons. The van der Waals surface area contributed by atoms with E-state index >= 15 is 0 Å². The van der Waals surface area contributed by atoms with Crippen molar-refractivity contribution in [1.82, 2.24) is 0 Å². The molecule has 0 spiro atoms. The molecule has 1 aliphatic rings. The normalized spacial score (nSPS) is 14.0. The Morgan fingerprint density at radius 1 is 0.882 bits per heavy atom. The number of aliphatic hydroxyl groups excluding tert-OH is 1. The quantitative estimate of drug-likeness (QED) is 0.0723. The first kappa shape index (κ1) is 31.6. The van der Waals surface area contributed by atoms with Crippen molar-refractivity contribution < 1.29 is 24.5 Å². The topological polar surface area (TPSA) is 133 Å². The summed E-state index contributed by atoms with van der Waals surface area (Å²) in [5, 5.41) is 29.7. The summed E-state index contributed by atoms with van der Waals surface area (Å²) in [6.07, 6.45) is 23.3. The molecule has 9 nitrogen and oxygen atoms in total. The number of ether oxygens (including phenoxy) is 1. The number of aliphatic hydroxyl groups is 1. The second kappa shape index (κ2) is 20.0. The fourth-order valence-corrected chi connectivity index (χ4v) is 3.69. The molecule has 196 valence electrons. The second-order valence-electron chi connectivity index (χ2n) is 8.84. The lowest BCUT2D eigenvalue weighted by Gasteiger charge is -2.13. The van der Waals surface area contributed by atoms with Gasteiger partial charge < -0.3 is 9.84 Å². The molecule has 0 heterocycles. The van der Waals surface area contributed by atoms with Gasteiger partial charge in [0.25, 0.3) is 0 Å². The predicted molar refractivity (Wildman–Crippen MR) is 133 cm³/mol. The van der Waals surface area contributed by atoms with Gasteiger partial charge in [0, 0.05) is 6.42 Å². The minimum Gasteiger partial charge on any atom is -0.508 e. The zero-order chi connectivity index (χ0) is 25.7. The van der Waals surface area contributed by atoms with Crippen LogP contribution in [-0.4, -0.2) is 33.7 Å².